The van der Waals surface area contributed by atoms with Crippen LogP contribution in [0, 0.1) is 5.92 Å². The highest BCUT2D eigenvalue weighted by Gasteiger charge is 2.21. The predicted molar refractivity (Wildman–Crippen MR) is 50.0 cm³/mol. The van der Waals surface area contributed by atoms with Crippen molar-refractivity contribution in [3.05, 3.63) is 0 Å². The van der Waals surface area contributed by atoms with E-state index in [9.17, 15) is 0 Å². The van der Waals surface area contributed by atoms with Crippen molar-refractivity contribution in [3.8, 4) is 0 Å². The standard InChI is InChI=1S/C9H20N2O/c1-7(4-10)11-5-9-3-8(2)12-6-9/h7-9,11H,3-6,10H2,1-2H3. The molecule has 1 aliphatic heterocycles. The summed E-state index contributed by atoms with van der Waals surface area (Å²) in [6.07, 6.45) is 1.63. The van der Waals surface area contributed by atoms with E-state index >= 15 is 0 Å². The first-order valence-corrected chi connectivity index (χ1v) is 4.77. The maximum atomic E-state index is 5.49. The van der Waals surface area contributed by atoms with Crippen molar-refractivity contribution >= 4 is 0 Å². The lowest BCUT2D eigenvalue weighted by Gasteiger charge is -2.14. The first kappa shape index (κ1) is 9.96. The number of hydrogen-bond acceptors (Lipinski definition) is 3. The molecule has 1 fully saturated rings. The van der Waals surface area contributed by atoms with Gasteiger partial charge in [-0.25, -0.2) is 0 Å². The van der Waals surface area contributed by atoms with Crippen molar-refractivity contribution in [2.24, 2.45) is 11.7 Å². The van der Waals surface area contributed by atoms with Gasteiger partial charge in [-0.1, -0.05) is 0 Å². The fourth-order valence-electron chi connectivity index (χ4n) is 1.50. The molecule has 0 radical (unpaired) electrons. The summed E-state index contributed by atoms with van der Waals surface area (Å²) in [5.41, 5.74) is 5.49. The van der Waals surface area contributed by atoms with Crippen molar-refractivity contribution in [2.75, 3.05) is 19.7 Å². The molecular weight excluding hydrogens is 152 g/mol. The van der Waals surface area contributed by atoms with Crippen LogP contribution in [0.1, 0.15) is 20.3 Å². The second-order valence-corrected chi connectivity index (χ2v) is 3.79. The highest BCUT2D eigenvalue weighted by atomic mass is 16.5. The van der Waals surface area contributed by atoms with Crippen LogP contribution >= 0.6 is 0 Å². The molecule has 0 amide bonds. The lowest BCUT2D eigenvalue weighted by atomic mass is 10.1. The zero-order valence-electron chi connectivity index (χ0n) is 8.05. The Morgan fingerprint density at radius 2 is 2.42 bits per heavy atom. The quantitative estimate of drug-likeness (QED) is 0.643. The van der Waals surface area contributed by atoms with Crippen LogP contribution < -0.4 is 11.1 Å². The monoisotopic (exact) mass is 172 g/mol. The number of nitrogens with one attached hydrogen (secondary N) is 1. The molecule has 1 heterocycles. The average Bonchev–Trinajstić information content (AvgIpc) is 2.47. The molecule has 1 saturated heterocycles. The molecule has 0 bridgehead atoms. The van der Waals surface area contributed by atoms with Crippen LogP contribution in [0.25, 0.3) is 0 Å². The number of rotatable bonds is 4. The molecular formula is C9H20N2O. The molecule has 1 rings (SSSR count). The molecule has 3 unspecified atom stereocenters. The number of nitrogens with two attached hydrogens (primary N) is 1. The van der Waals surface area contributed by atoms with E-state index in [0.29, 0.717) is 24.6 Å². The van der Waals surface area contributed by atoms with Gasteiger partial charge in [-0.3, -0.25) is 0 Å². The Hall–Kier alpha value is -0.120. The van der Waals surface area contributed by atoms with Crippen LogP contribution in [0.4, 0.5) is 0 Å². The van der Waals surface area contributed by atoms with Gasteiger partial charge in [0.2, 0.25) is 0 Å². The first-order valence-electron chi connectivity index (χ1n) is 4.77. The molecule has 0 spiro atoms. The minimum atomic E-state index is 0.431. The molecule has 3 nitrogen and oxygen atoms in total. The summed E-state index contributed by atoms with van der Waals surface area (Å²) in [5.74, 6) is 0.689. The van der Waals surface area contributed by atoms with Crippen LogP contribution in [0.15, 0.2) is 0 Å². The van der Waals surface area contributed by atoms with Crippen molar-refractivity contribution < 1.29 is 4.74 Å². The third-order valence-corrected chi connectivity index (χ3v) is 2.39. The Labute approximate surface area is 74.7 Å². The van der Waals surface area contributed by atoms with Gasteiger partial charge in [-0.2, -0.15) is 0 Å². The fraction of sp³-hybridized carbons (Fsp3) is 1.00. The smallest absolute Gasteiger partial charge is 0.0551 e. The topological polar surface area (TPSA) is 47.3 Å². The zero-order chi connectivity index (χ0) is 8.97. The number of ether oxygens (including phenoxy) is 1. The fourth-order valence-corrected chi connectivity index (χ4v) is 1.50. The van der Waals surface area contributed by atoms with Crippen LogP contribution in [-0.2, 0) is 4.74 Å². The molecule has 3 atom stereocenters. The molecule has 72 valence electrons. The Kier molecular flexibility index (Phi) is 3.98. The van der Waals surface area contributed by atoms with Crippen LogP contribution in [0.5, 0.6) is 0 Å². The molecule has 0 saturated carbocycles. The first-order chi connectivity index (χ1) is 5.72. The summed E-state index contributed by atoms with van der Waals surface area (Å²) >= 11 is 0. The summed E-state index contributed by atoms with van der Waals surface area (Å²) in [6, 6.07) is 0.431. The lowest BCUT2D eigenvalue weighted by molar-refractivity contribution is 0.120. The molecule has 0 aliphatic carbocycles. The van der Waals surface area contributed by atoms with E-state index in [1.165, 1.54) is 6.42 Å². The lowest BCUT2D eigenvalue weighted by Crippen LogP contribution is -2.36. The normalized spacial score (nSPS) is 32.2. The van der Waals surface area contributed by atoms with Gasteiger partial charge in [-0.15, -0.1) is 0 Å². The minimum absolute atomic E-state index is 0.431. The van der Waals surface area contributed by atoms with Gasteiger partial charge in [0.25, 0.3) is 0 Å². The molecule has 12 heavy (non-hydrogen) atoms. The molecule has 0 aromatic heterocycles. The van der Waals surface area contributed by atoms with Gasteiger partial charge >= 0.3 is 0 Å². The average molecular weight is 172 g/mol. The van der Waals surface area contributed by atoms with Gasteiger partial charge in [0.15, 0.2) is 0 Å². The van der Waals surface area contributed by atoms with E-state index in [1.807, 2.05) is 0 Å². The second kappa shape index (κ2) is 4.80. The molecule has 3 N–H and O–H groups in total. The van der Waals surface area contributed by atoms with Crippen molar-refractivity contribution in [1.29, 1.82) is 0 Å². The van der Waals surface area contributed by atoms with E-state index in [0.717, 1.165) is 13.2 Å². The maximum absolute atomic E-state index is 5.49. The Morgan fingerprint density at radius 3 is 2.92 bits per heavy atom. The summed E-state index contributed by atoms with van der Waals surface area (Å²) in [5, 5.41) is 3.39. The SMILES string of the molecule is CC(CN)NCC1COC(C)C1. The van der Waals surface area contributed by atoms with Gasteiger partial charge < -0.3 is 15.8 Å². The van der Waals surface area contributed by atoms with Crippen LogP contribution in [-0.4, -0.2) is 31.8 Å². The van der Waals surface area contributed by atoms with Gasteiger partial charge in [-0.05, 0) is 26.2 Å². The third kappa shape index (κ3) is 3.09. The van der Waals surface area contributed by atoms with E-state index in [-0.39, 0.29) is 0 Å². The van der Waals surface area contributed by atoms with Crippen LogP contribution in [0.2, 0.25) is 0 Å². The zero-order valence-corrected chi connectivity index (χ0v) is 8.05. The highest BCUT2D eigenvalue weighted by Crippen LogP contribution is 2.17. The third-order valence-electron chi connectivity index (χ3n) is 2.39. The van der Waals surface area contributed by atoms with Crippen molar-refractivity contribution in [1.82, 2.24) is 5.32 Å². The van der Waals surface area contributed by atoms with Gasteiger partial charge in [0.05, 0.1) is 12.7 Å². The summed E-state index contributed by atoms with van der Waals surface area (Å²) in [7, 11) is 0. The second-order valence-electron chi connectivity index (χ2n) is 3.79. The number of hydrogen-bond donors (Lipinski definition) is 2. The maximum Gasteiger partial charge on any atom is 0.0551 e. The molecule has 0 aromatic rings. The minimum Gasteiger partial charge on any atom is -0.378 e. The Bertz CT molecular complexity index is 130. The van der Waals surface area contributed by atoms with E-state index in [4.69, 9.17) is 10.5 Å². The molecule has 0 aromatic carbocycles. The van der Waals surface area contributed by atoms with Crippen molar-refractivity contribution in [3.63, 3.8) is 0 Å². The molecule has 1 aliphatic rings. The predicted octanol–water partition coefficient (Wildman–Crippen LogP) is 0.348. The summed E-state index contributed by atoms with van der Waals surface area (Å²) in [6.45, 7) is 6.91. The molecule has 3 heteroatoms. The largest absolute Gasteiger partial charge is 0.378 e. The Balaban J connectivity index is 2.07. The van der Waals surface area contributed by atoms with E-state index in [1.54, 1.807) is 0 Å². The van der Waals surface area contributed by atoms with Gasteiger partial charge in [0.1, 0.15) is 0 Å². The van der Waals surface area contributed by atoms with E-state index < -0.39 is 0 Å². The summed E-state index contributed by atoms with van der Waals surface area (Å²) < 4.78 is 5.46. The van der Waals surface area contributed by atoms with Crippen molar-refractivity contribution in [2.45, 2.75) is 32.4 Å². The van der Waals surface area contributed by atoms with Gasteiger partial charge in [0, 0.05) is 19.1 Å². The highest BCUT2D eigenvalue weighted by molar-refractivity contribution is 4.73. The van der Waals surface area contributed by atoms with Crippen LogP contribution in [0.3, 0.4) is 0 Å². The summed E-state index contributed by atoms with van der Waals surface area (Å²) in [4.78, 5) is 0. The van der Waals surface area contributed by atoms with E-state index in [2.05, 4.69) is 19.2 Å². The Morgan fingerprint density at radius 1 is 1.67 bits per heavy atom.